The van der Waals surface area contributed by atoms with Crippen molar-refractivity contribution >= 4 is 62.3 Å². The second kappa shape index (κ2) is 17.9. The lowest BCUT2D eigenvalue weighted by Crippen LogP contribution is -2.33. The number of carbonyl (C=O) groups is 4. The average Bonchev–Trinajstić information content (AvgIpc) is 3.63. The topological polar surface area (TPSA) is 216 Å². The van der Waals surface area contributed by atoms with Crippen molar-refractivity contribution in [3.63, 3.8) is 0 Å². The number of esters is 1. The second-order valence-electron chi connectivity index (χ2n) is 15.1. The molecule has 0 saturated carbocycles. The first-order valence-electron chi connectivity index (χ1n) is 19.2. The number of alkyl carbamates (subject to hydrolysis) is 1. The van der Waals surface area contributed by atoms with Gasteiger partial charge in [-0.05, 0) is 117 Å². The molecule has 0 saturated heterocycles. The fourth-order valence-electron chi connectivity index (χ4n) is 6.65. The minimum absolute atomic E-state index is 0.0337. The number of hydrogen-bond donors (Lipinski definition) is 3. The third-order valence-corrected chi connectivity index (χ3v) is 12.4. The summed E-state index contributed by atoms with van der Waals surface area (Å²) in [5.41, 5.74) is 2.12. The van der Waals surface area contributed by atoms with Crippen LogP contribution in [-0.2, 0) is 32.5 Å². The van der Waals surface area contributed by atoms with E-state index in [1.807, 2.05) is 18.4 Å². The normalized spacial score (nSPS) is 12.3. The third kappa shape index (κ3) is 9.71. The Morgan fingerprint density at radius 3 is 2.33 bits per heavy atom. The maximum Gasteiger partial charge on any atom is 0.407 e. The van der Waals surface area contributed by atoms with E-state index in [0.29, 0.717) is 41.1 Å². The number of amides is 3. The number of rotatable bonds is 12. The Morgan fingerprint density at radius 1 is 0.934 bits per heavy atom. The van der Waals surface area contributed by atoms with Crippen molar-refractivity contribution < 1.29 is 42.0 Å². The zero-order valence-electron chi connectivity index (χ0n) is 34.3. The molecule has 0 spiro atoms. The Kier molecular flexibility index (Phi) is 12.9. The minimum Gasteiger partial charge on any atom is -0.464 e. The molecule has 18 heteroatoms. The van der Waals surface area contributed by atoms with E-state index in [2.05, 4.69) is 20.9 Å². The molecule has 5 aromatic rings. The molecule has 0 atom stereocenters. The standard InChI is InChI=1S/C43H44N6O10S2/c1-7-18-44-40(51)35-15-13-30(37(46-35)41(52)58-6)31-23-36-33(22-32(31)39(50)47-34-14-8-26(21-25(34)2)24-45-42(53)59-43(3,4)5)38-27(17-20-60-38)16-19-48(36)61(56,57)29-11-9-28(10-12-29)49(54)55/h8-15,17,20-23H,7,16,18-19,24H2,1-6H3,(H,44,51)(H,45,53)(H,47,50). The van der Waals surface area contributed by atoms with Crippen molar-refractivity contribution in [1.29, 1.82) is 0 Å². The quantitative estimate of drug-likeness (QED) is 0.0629. The minimum atomic E-state index is -4.38. The van der Waals surface area contributed by atoms with E-state index in [1.54, 1.807) is 52.0 Å². The van der Waals surface area contributed by atoms with Crippen molar-refractivity contribution in [3.8, 4) is 21.6 Å². The Morgan fingerprint density at radius 2 is 1.67 bits per heavy atom. The van der Waals surface area contributed by atoms with Crippen molar-refractivity contribution in [2.75, 3.05) is 29.8 Å². The molecule has 3 aromatic carbocycles. The number of sulfonamides is 1. The molecule has 3 amide bonds. The molecule has 318 valence electrons. The molecule has 0 bridgehead atoms. The SMILES string of the molecule is CCCNC(=O)c1ccc(-c2cc3c(cc2C(=O)Nc2ccc(CNC(=O)OC(C)(C)C)cc2C)-c2sccc2CCN3S(=O)(=O)c2ccc([N+](=O)[O-])cc2)c(C(=O)OC)n1. The molecule has 61 heavy (non-hydrogen) atoms. The molecule has 0 aliphatic carbocycles. The van der Waals surface area contributed by atoms with Gasteiger partial charge in [-0.15, -0.1) is 11.3 Å². The van der Waals surface area contributed by atoms with Crippen LogP contribution in [0.1, 0.15) is 82.1 Å². The zero-order valence-corrected chi connectivity index (χ0v) is 35.9. The van der Waals surface area contributed by atoms with Crippen LogP contribution >= 0.6 is 11.3 Å². The van der Waals surface area contributed by atoms with E-state index in [-0.39, 0.29) is 57.4 Å². The summed E-state index contributed by atoms with van der Waals surface area (Å²) in [7, 11) is -3.24. The van der Waals surface area contributed by atoms with Crippen LogP contribution in [0.4, 0.5) is 21.9 Å². The summed E-state index contributed by atoms with van der Waals surface area (Å²) in [5, 5.41) is 21.7. The summed E-state index contributed by atoms with van der Waals surface area (Å²) in [5.74, 6) is -2.07. The summed E-state index contributed by atoms with van der Waals surface area (Å²) in [6.07, 6.45) is 0.362. The van der Waals surface area contributed by atoms with Gasteiger partial charge in [-0.25, -0.2) is 23.0 Å². The number of carbonyl (C=O) groups excluding carboxylic acids is 4. The molecule has 0 fully saturated rings. The molecule has 2 aromatic heterocycles. The third-order valence-electron chi connectivity index (χ3n) is 9.57. The van der Waals surface area contributed by atoms with Gasteiger partial charge in [-0.3, -0.25) is 24.0 Å². The van der Waals surface area contributed by atoms with Crippen LogP contribution in [0.15, 0.2) is 83.1 Å². The molecule has 1 aliphatic heterocycles. The number of ether oxygens (including phenoxy) is 2. The van der Waals surface area contributed by atoms with Crippen molar-refractivity contribution in [2.45, 2.75) is 64.5 Å². The second-order valence-corrected chi connectivity index (χ2v) is 17.8. The van der Waals surface area contributed by atoms with Gasteiger partial charge in [0.2, 0.25) is 0 Å². The first kappa shape index (κ1) is 43.9. The van der Waals surface area contributed by atoms with Gasteiger partial charge in [0.05, 0.1) is 22.6 Å². The van der Waals surface area contributed by atoms with Crippen LogP contribution in [0.25, 0.3) is 21.6 Å². The number of aryl methyl sites for hydroxylation is 1. The number of thiophene rings is 1. The van der Waals surface area contributed by atoms with E-state index in [4.69, 9.17) is 9.47 Å². The fourth-order valence-corrected chi connectivity index (χ4v) is 9.11. The Labute approximate surface area is 356 Å². The monoisotopic (exact) mass is 868 g/mol. The highest BCUT2D eigenvalue weighted by Crippen LogP contribution is 2.45. The smallest absolute Gasteiger partial charge is 0.407 e. The van der Waals surface area contributed by atoms with Gasteiger partial charge in [-0.1, -0.05) is 19.1 Å². The summed E-state index contributed by atoms with van der Waals surface area (Å²) in [4.78, 5) is 69.1. The van der Waals surface area contributed by atoms with Crippen LogP contribution in [-0.4, -0.2) is 68.0 Å². The number of nitrogens with zero attached hydrogens (tertiary/aromatic N) is 3. The lowest BCUT2D eigenvalue weighted by Gasteiger charge is -2.26. The molecule has 3 heterocycles. The van der Waals surface area contributed by atoms with Crippen LogP contribution in [0, 0.1) is 17.0 Å². The highest BCUT2D eigenvalue weighted by Gasteiger charge is 2.34. The van der Waals surface area contributed by atoms with Crippen molar-refractivity contribution in [1.82, 2.24) is 15.6 Å². The number of aromatic nitrogens is 1. The Bertz CT molecular complexity index is 2650. The molecule has 1 aliphatic rings. The van der Waals surface area contributed by atoms with E-state index < -0.39 is 44.4 Å². The largest absolute Gasteiger partial charge is 0.464 e. The fraction of sp³-hybridized carbons (Fsp3) is 0.279. The lowest BCUT2D eigenvalue weighted by atomic mass is 9.93. The molecule has 6 rings (SSSR count). The summed E-state index contributed by atoms with van der Waals surface area (Å²) < 4.78 is 40.7. The van der Waals surface area contributed by atoms with Gasteiger partial charge >= 0.3 is 12.1 Å². The first-order chi connectivity index (χ1) is 28.9. The van der Waals surface area contributed by atoms with E-state index in [0.717, 1.165) is 30.4 Å². The summed E-state index contributed by atoms with van der Waals surface area (Å²) in [6, 6.07) is 17.6. The van der Waals surface area contributed by atoms with Gasteiger partial charge in [0.15, 0.2) is 5.69 Å². The van der Waals surface area contributed by atoms with Gasteiger partial charge in [-0.2, -0.15) is 0 Å². The number of nitro groups is 1. The number of methoxy groups -OCH3 is 1. The van der Waals surface area contributed by atoms with E-state index >= 15 is 0 Å². The van der Waals surface area contributed by atoms with Gasteiger partial charge in [0.25, 0.3) is 27.5 Å². The molecule has 0 unspecified atom stereocenters. The number of anilines is 2. The summed E-state index contributed by atoms with van der Waals surface area (Å²) >= 11 is 1.36. The maximum absolute atomic E-state index is 14.7. The van der Waals surface area contributed by atoms with E-state index in [1.165, 1.54) is 46.0 Å². The van der Waals surface area contributed by atoms with Gasteiger partial charge < -0.3 is 25.4 Å². The number of nitrogens with one attached hydrogen (secondary N) is 3. The van der Waals surface area contributed by atoms with Crippen molar-refractivity contribution in [2.24, 2.45) is 0 Å². The number of nitro benzene ring substituents is 1. The van der Waals surface area contributed by atoms with Crippen LogP contribution in [0.2, 0.25) is 0 Å². The zero-order chi connectivity index (χ0) is 44.2. The number of pyridine rings is 1. The molecule has 3 N–H and O–H groups in total. The van der Waals surface area contributed by atoms with Crippen molar-refractivity contribution in [3.05, 3.63) is 122 Å². The maximum atomic E-state index is 14.7. The first-order valence-corrected chi connectivity index (χ1v) is 21.5. The molecule has 16 nitrogen and oxygen atoms in total. The van der Waals surface area contributed by atoms with E-state index in [9.17, 15) is 37.7 Å². The Hall–Kier alpha value is -6.66. The van der Waals surface area contributed by atoms with Gasteiger partial charge in [0.1, 0.15) is 11.3 Å². The lowest BCUT2D eigenvalue weighted by molar-refractivity contribution is -0.384. The average molecular weight is 869 g/mol. The number of hydrogen-bond acceptors (Lipinski definition) is 12. The predicted molar refractivity (Wildman–Crippen MR) is 230 cm³/mol. The van der Waals surface area contributed by atoms with Gasteiger partial charge in [0, 0.05) is 59.0 Å². The summed E-state index contributed by atoms with van der Waals surface area (Å²) in [6.45, 7) is 9.43. The number of fused-ring (bicyclic) bond motifs is 3. The van der Waals surface area contributed by atoms with Crippen LogP contribution in [0.3, 0.4) is 0 Å². The van der Waals surface area contributed by atoms with Crippen LogP contribution in [0.5, 0.6) is 0 Å². The Balaban J connectivity index is 1.51. The predicted octanol–water partition coefficient (Wildman–Crippen LogP) is 7.65. The number of non-ortho nitro benzene ring substituents is 1. The molecular formula is C43H44N6O10S2. The molecular weight excluding hydrogens is 825 g/mol. The van der Waals surface area contributed by atoms with Crippen LogP contribution < -0.4 is 20.3 Å². The number of benzene rings is 3. The highest BCUT2D eigenvalue weighted by atomic mass is 32.2. The molecule has 0 radical (unpaired) electrons. The highest BCUT2D eigenvalue weighted by molar-refractivity contribution is 7.92.